The zero-order valence-electron chi connectivity index (χ0n) is 29.9. The second-order valence-corrected chi connectivity index (χ2v) is 14.9. The lowest BCUT2D eigenvalue weighted by molar-refractivity contribution is 0.0601. The van der Waals surface area contributed by atoms with Gasteiger partial charge in [0, 0.05) is 38.7 Å². The van der Waals surface area contributed by atoms with Gasteiger partial charge in [-0.15, -0.1) is 11.3 Å². The van der Waals surface area contributed by atoms with Crippen LogP contribution in [0.25, 0.3) is 20.5 Å². The topological polar surface area (TPSA) is 60.5 Å². The fourth-order valence-electron chi connectivity index (χ4n) is 7.36. The van der Waals surface area contributed by atoms with Gasteiger partial charge in [0.05, 0.1) is 7.11 Å². The van der Waals surface area contributed by atoms with Crippen molar-refractivity contribution in [3.63, 3.8) is 0 Å². The third-order valence-corrected chi connectivity index (χ3v) is 11.4. The molecule has 1 aliphatic carbocycles. The van der Waals surface area contributed by atoms with Gasteiger partial charge in [0.2, 0.25) is 0 Å². The van der Waals surface area contributed by atoms with Crippen molar-refractivity contribution in [3.8, 4) is 33.4 Å². The van der Waals surface area contributed by atoms with Crippen molar-refractivity contribution in [2.75, 3.05) is 47.4 Å². The summed E-state index contributed by atoms with van der Waals surface area (Å²) in [6.07, 6.45) is 7.07. The van der Waals surface area contributed by atoms with E-state index in [1.807, 2.05) is 66.7 Å². The molecular formula is C43H48N2O5S. The molecule has 2 atom stereocenters. The summed E-state index contributed by atoms with van der Waals surface area (Å²) in [5, 5.41) is 0.897. The number of carbonyl (C=O) groups is 1. The second-order valence-electron chi connectivity index (χ2n) is 13.8. The Morgan fingerprint density at radius 1 is 0.824 bits per heavy atom. The van der Waals surface area contributed by atoms with E-state index in [9.17, 15) is 4.79 Å². The lowest BCUT2D eigenvalue weighted by atomic mass is 9.91. The summed E-state index contributed by atoms with van der Waals surface area (Å²) in [6, 6.07) is 30.2. The van der Waals surface area contributed by atoms with Crippen LogP contribution >= 0.6 is 11.3 Å². The van der Waals surface area contributed by atoms with Crippen LogP contribution in [0.4, 0.5) is 0 Å². The number of ketones is 1. The van der Waals surface area contributed by atoms with E-state index in [0.29, 0.717) is 41.9 Å². The molecule has 1 saturated heterocycles. The highest BCUT2D eigenvalue weighted by Crippen LogP contribution is 2.43. The first-order valence-corrected chi connectivity index (χ1v) is 19.0. The van der Waals surface area contributed by atoms with Crippen LogP contribution in [0.3, 0.4) is 0 Å². The van der Waals surface area contributed by atoms with Crippen molar-refractivity contribution in [1.29, 1.82) is 0 Å². The van der Waals surface area contributed by atoms with Crippen molar-refractivity contribution in [1.82, 2.24) is 9.80 Å². The molecule has 1 aromatic heterocycles. The lowest BCUT2D eigenvalue weighted by Crippen LogP contribution is -2.44. The standard InChI is InChI=1S/C43H48N2O5S/c1-44(2)36-13-7-8-14-37(36)50-38-22-17-32(27-39(38)47-3)42(46)41-35-21-20-34(49-29-30-11-5-4-6-12-30)28-40(35)51-43(41)31-15-18-33(19-16-31)48-26-25-45-23-9-10-24-45/h4-6,11-12,15-22,27-28,36-37H,7-10,13-14,23-26,29H2,1-3H3. The van der Waals surface area contributed by atoms with Gasteiger partial charge in [-0.05, 0) is 131 Å². The first-order chi connectivity index (χ1) is 25.0. The predicted octanol–water partition coefficient (Wildman–Crippen LogP) is 9.11. The first-order valence-electron chi connectivity index (χ1n) is 18.2. The summed E-state index contributed by atoms with van der Waals surface area (Å²) in [7, 11) is 5.86. The van der Waals surface area contributed by atoms with E-state index in [1.165, 1.54) is 19.3 Å². The maximum atomic E-state index is 14.6. The number of ether oxygens (including phenoxy) is 4. The molecule has 5 aromatic rings. The van der Waals surface area contributed by atoms with Crippen molar-refractivity contribution in [2.45, 2.75) is 57.3 Å². The quantitative estimate of drug-likeness (QED) is 0.107. The molecule has 4 aromatic carbocycles. The number of hydrogen-bond donors (Lipinski definition) is 0. The number of methoxy groups -OCH3 is 1. The monoisotopic (exact) mass is 704 g/mol. The summed E-state index contributed by atoms with van der Waals surface area (Å²) in [4.78, 5) is 20.2. The van der Waals surface area contributed by atoms with Gasteiger partial charge in [-0.3, -0.25) is 9.69 Å². The molecule has 266 valence electrons. The van der Waals surface area contributed by atoms with Crippen LogP contribution in [0.15, 0.2) is 91.0 Å². The molecule has 7 nitrogen and oxygen atoms in total. The molecule has 2 heterocycles. The SMILES string of the molecule is COc1cc(C(=O)c2c(-c3ccc(OCCN4CCCC4)cc3)sc3cc(OCc4ccccc4)ccc23)ccc1OC1CCCCC1N(C)C. The van der Waals surface area contributed by atoms with Crippen LogP contribution in [-0.4, -0.2) is 75.2 Å². The van der Waals surface area contributed by atoms with E-state index >= 15 is 0 Å². The molecule has 51 heavy (non-hydrogen) atoms. The van der Waals surface area contributed by atoms with Gasteiger partial charge < -0.3 is 23.8 Å². The van der Waals surface area contributed by atoms with Crippen molar-refractivity contribution in [3.05, 3.63) is 108 Å². The molecule has 2 unspecified atom stereocenters. The summed E-state index contributed by atoms with van der Waals surface area (Å²) in [6.45, 7) is 4.39. The summed E-state index contributed by atoms with van der Waals surface area (Å²) < 4.78 is 25.7. The minimum Gasteiger partial charge on any atom is -0.493 e. The van der Waals surface area contributed by atoms with E-state index in [1.54, 1.807) is 18.4 Å². The molecule has 1 saturated carbocycles. The van der Waals surface area contributed by atoms with Gasteiger partial charge in [-0.25, -0.2) is 0 Å². The Hall–Kier alpha value is -4.37. The van der Waals surface area contributed by atoms with Crippen LogP contribution in [-0.2, 0) is 6.61 Å². The van der Waals surface area contributed by atoms with E-state index in [4.69, 9.17) is 18.9 Å². The number of nitrogens with zero attached hydrogens (tertiary/aromatic N) is 2. The normalized spacial score (nSPS) is 17.9. The Bertz CT molecular complexity index is 1920. The van der Waals surface area contributed by atoms with Crippen LogP contribution < -0.4 is 18.9 Å². The molecule has 0 N–H and O–H groups in total. The second kappa shape index (κ2) is 16.3. The Balaban J connectivity index is 1.18. The van der Waals surface area contributed by atoms with Crippen LogP contribution in [0, 0.1) is 0 Å². The third kappa shape index (κ3) is 8.25. The molecule has 2 fully saturated rings. The number of carbonyl (C=O) groups excluding carboxylic acids is 1. The van der Waals surface area contributed by atoms with Gasteiger partial charge in [0.15, 0.2) is 17.3 Å². The molecule has 0 bridgehead atoms. The number of hydrogen-bond acceptors (Lipinski definition) is 8. The maximum Gasteiger partial charge on any atom is 0.195 e. The van der Waals surface area contributed by atoms with Crippen molar-refractivity contribution < 1.29 is 23.7 Å². The highest BCUT2D eigenvalue weighted by Gasteiger charge is 2.30. The summed E-state index contributed by atoms with van der Waals surface area (Å²) in [5.74, 6) is 2.77. The number of fused-ring (bicyclic) bond motifs is 1. The molecular weight excluding hydrogens is 657 g/mol. The Kier molecular flexibility index (Phi) is 11.2. The van der Waals surface area contributed by atoms with Crippen LogP contribution in [0.1, 0.15) is 60.0 Å². The first kappa shape index (κ1) is 35.1. The molecule has 2 aliphatic rings. The minimum absolute atomic E-state index is 0.0613. The highest BCUT2D eigenvalue weighted by atomic mass is 32.1. The van der Waals surface area contributed by atoms with E-state index < -0.39 is 0 Å². The lowest BCUT2D eigenvalue weighted by Gasteiger charge is -2.36. The molecule has 0 spiro atoms. The zero-order chi connectivity index (χ0) is 35.2. The number of rotatable bonds is 14. The number of thiophene rings is 1. The van der Waals surface area contributed by atoms with Crippen molar-refractivity contribution >= 4 is 27.2 Å². The summed E-state index contributed by atoms with van der Waals surface area (Å²) >= 11 is 1.61. The zero-order valence-corrected chi connectivity index (χ0v) is 30.8. The minimum atomic E-state index is -0.0613. The molecule has 0 amide bonds. The summed E-state index contributed by atoms with van der Waals surface area (Å²) in [5.41, 5.74) is 3.30. The Labute approximate surface area is 305 Å². The molecule has 8 heteroatoms. The van der Waals surface area contributed by atoms with E-state index in [-0.39, 0.29) is 11.9 Å². The van der Waals surface area contributed by atoms with Gasteiger partial charge in [0.1, 0.15) is 30.8 Å². The number of likely N-dealkylation sites (tertiary alicyclic amines) is 1. The maximum absolute atomic E-state index is 14.6. The molecule has 0 radical (unpaired) electrons. The fourth-order valence-corrected chi connectivity index (χ4v) is 8.59. The molecule has 7 rings (SSSR count). The Morgan fingerprint density at radius 2 is 1.59 bits per heavy atom. The molecule has 1 aliphatic heterocycles. The van der Waals surface area contributed by atoms with Gasteiger partial charge >= 0.3 is 0 Å². The Morgan fingerprint density at radius 3 is 2.35 bits per heavy atom. The van der Waals surface area contributed by atoms with Gasteiger partial charge in [0.25, 0.3) is 0 Å². The average Bonchev–Trinajstić information content (AvgIpc) is 3.83. The fraction of sp³-hybridized carbons (Fsp3) is 0.372. The highest BCUT2D eigenvalue weighted by molar-refractivity contribution is 7.22. The number of benzene rings is 4. The van der Waals surface area contributed by atoms with E-state index in [0.717, 1.165) is 76.5 Å². The third-order valence-electron chi connectivity index (χ3n) is 10.2. The van der Waals surface area contributed by atoms with Gasteiger partial charge in [-0.1, -0.05) is 36.8 Å². The van der Waals surface area contributed by atoms with Gasteiger partial charge in [-0.2, -0.15) is 0 Å². The average molecular weight is 705 g/mol. The number of likely N-dealkylation sites (N-methyl/N-ethyl adjacent to an activating group) is 1. The van der Waals surface area contributed by atoms with E-state index in [2.05, 4.69) is 48.2 Å². The smallest absolute Gasteiger partial charge is 0.195 e. The van der Waals surface area contributed by atoms with Crippen LogP contribution in [0.2, 0.25) is 0 Å². The largest absolute Gasteiger partial charge is 0.493 e. The van der Waals surface area contributed by atoms with Crippen LogP contribution in [0.5, 0.6) is 23.0 Å². The predicted molar refractivity (Wildman–Crippen MR) is 206 cm³/mol. The van der Waals surface area contributed by atoms with Crippen molar-refractivity contribution in [2.24, 2.45) is 0 Å².